The molecule has 0 aliphatic heterocycles. The number of pyridine rings is 1. The largest absolute Gasteiger partial charge is 0.330 e. The molecule has 28 heavy (non-hydrogen) atoms. The van der Waals surface area contributed by atoms with E-state index in [4.69, 9.17) is 0 Å². The molecule has 0 saturated carbocycles. The molecule has 0 aliphatic rings. The molecule has 140 valence electrons. The molecule has 0 spiro atoms. The first-order valence-electron chi connectivity index (χ1n) is 9.02. The number of carbonyl (C=O) groups is 1. The van der Waals surface area contributed by atoms with Crippen molar-refractivity contribution < 1.29 is 4.79 Å². The molecule has 0 atom stereocenters. The van der Waals surface area contributed by atoms with Crippen molar-refractivity contribution in [1.29, 1.82) is 0 Å². The summed E-state index contributed by atoms with van der Waals surface area (Å²) in [6.07, 6.45) is 5.15. The summed E-state index contributed by atoms with van der Waals surface area (Å²) in [5.41, 5.74) is 2.49. The van der Waals surface area contributed by atoms with Crippen LogP contribution in [-0.4, -0.2) is 32.1 Å². The molecule has 0 N–H and O–H groups in total. The van der Waals surface area contributed by atoms with Crippen molar-refractivity contribution in [2.24, 2.45) is 0 Å². The summed E-state index contributed by atoms with van der Waals surface area (Å²) in [5.74, 6) is -0.0569. The van der Waals surface area contributed by atoms with E-state index < -0.39 is 0 Å². The van der Waals surface area contributed by atoms with Gasteiger partial charge in [-0.1, -0.05) is 42.5 Å². The van der Waals surface area contributed by atoms with Crippen molar-refractivity contribution in [1.82, 2.24) is 19.7 Å². The maximum atomic E-state index is 13.0. The van der Waals surface area contributed by atoms with Crippen LogP contribution in [0.25, 0.3) is 11.0 Å². The molecule has 0 bridgehead atoms. The minimum atomic E-state index is -0.0569. The van der Waals surface area contributed by atoms with Gasteiger partial charge in [0.15, 0.2) is 5.65 Å². The third-order valence-electron chi connectivity index (χ3n) is 4.46. The number of hydrogen-bond acceptors (Lipinski definition) is 4. The fraction of sp³-hybridized carbons (Fsp3) is 0.136. The van der Waals surface area contributed by atoms with Crippen molar-refractivity contribution in [3.63, 3.8) is 0 Å². The smallest absolute Gasteiger partial charge is 0.256 e. The van der Waals surface area contributed by atoms with Crippen LogP contribution in [0.1, 0.15) is 20.8 Å². The first-order valence-corrected chi connectivity index (χ1v) is 9.90. The van der Waals surface area contributed by atoms with E-state index in [1.54, 1.807) is 34.7 Å². The number of nitrogens with zero attached hydrogens (tertiary/aromatic N) is 4. The zero-order chi connectivity index (χ0) is 19.3. The summed E-state index contributed by atoms with van der Waals surface area (Å²) in [7, 11) is 0. The molecule has 3 aromatic heterocycles. The predicted octanol–water partition coefficient (Wildman–Crippen LogP) is 4.37. The van der Waals surface area contributed by atoms with Crippen molar-refractivity contribution in [2.75, 3.05) is 6.54 Å². The van der Waals surface area contributed by atoms with Crippen LogP contribution in [0.2, 0.25) is 0 Å². The van der Waals surface area contributed by atoms with Crippen LogP contribution in [0.3, 0.4) is 0 Å². The van der Waals surface area contributed by atoms with E-state index >= 15 is 0 Å². The van der Waals surface area contributed by atoms with Crippen LogP contribution in [0, 0.1) is 0 Å². The van der Waals surface area contributed by atoms with Gasteiger partial charge in [0, 0.05) is 23.0 Å². The van der Waals surface area contributed by atoms with Gasteiger partial charge in [-0.3, -0.25) is 4.79 Å². The second kappa shape index (κ2) is 8.19. The van der Waals surface area contributed by atoms with Gasteiger partial charge in [-0.15, -0.1) is 17.9 Å². The second-order valence-electron chi connectivity index (χ2n) is 6.48. The SMILES string of the molecule is C=CCN(Cc1cccs1)C(=O)c1cnc2c(cnn2Cc2ccccc2)c1. The summed E-state index contributed by atoms with van der Waals surface area (Å²) in [6, 6.07) is 16.0. The second-order valence-corrected chi connectivity index (χ2v) is 7.51. The minimum Gasteiger partial charge on any atom is -0.330 e. The normalized spacial score (nSPS) is 10.9. The topological polar surface area (TPSA) is 51.0 Å². The molecule has 1 amide bonds. The van der Waals surface area contributed by atoms with E-state index in [-0.39, 0.29) is 5.91 Å². The van der Waals surface area contributed by atoms with Gasteiger partial charge in [-0.05, 0) is 23.1 Å². The highest BCUT2D eigenvalue weighted by atomic mass is 32.1. The van der Waals surface area contributed by atoms with Gasteiger partial charge in [0.25, 0.3) is 5.91 Å². The third-order valence-corrected chi connectivity index (χ3v) is 5.32. The molecular formula is C22H20N4OS. The molecule has 4 aromatic rings. The summed E-state index contributed by atoms with van der Waals surface area (Å²) in [6.45, 7) is 5.48. The Morgan fingerprint density at radius 2 is 2.04 bits per heavy atom. The maximum absolute atomic E-state index is 13.0. The van der Waals surface area contributed by atoms with Crippen molar-refractivity contribution in [3.8, 4) is 0 Å². The van der Waals surface area contributed by atoms with Crippen molar-refractivity contribution in [2.45, 2.75) is 13.1 Å². The van der Waals surface area contributed by atoms with Gasteiger partial charge in [0.2, 0.25) is 0 Å². The number of aromatic nitrogens is 3. The van der Waals surface area contributed by atoms with E-state index in [1.807, 2.05) is 46.5 Å². The average molecular weight is 388 g/mol. The van der Waals surface area contributed by atoms with Crippen LogP contribution in [0.15, 0.2) is 79.0 Å². The van der Waals surface area contributed by atoms with Gasteiger partial charge in [0.05, 0.1) is 24.8 Å². The summed E-state index contributed by atoms with van der Waals surface area (Å²) in [5, 5.41) is 7.32. The lowest BCUT2D eigenvalue weighted by molar-refractivity contribution is 0.0764. The molecule has 6 heteroatoms. The number of fused-ring (bicyclic) bond motifs is 1. The lowest BCUT2D eigenvalue weighted by atomic mass is 10.2. The highest BCUT2D eigenvalue weighted by molar-refractivity contribution is 7.09. The Bertz CT molecular complexity index is 1090. The van der Waals surface area contributed by atoms with E-state index in [0.29, 0.717) is 25.2 Å². The highest BCUT2D eigenvalue weighted by Crippen LogP contribution is 2.18. The number of rotatable bonds is 7. The summed E-state index contributed by atoms with van der Waals surface area (Å²) < 4.78 is 1.85. The van der Waals surface area contributed by atoms with Gasteiger partial charge in [-0.2, -0.15) is 5.10 Å². The fourth-order valence-corrected chi connectivity index (χ4v) is 3.83. The zero-order valence-electron chi connectivity index (χ0n) is 15.4. The Kier molecular flexibility index (Phi) is 5.30. The van der Waals surface area contributed by atoms with Gasteiger partial charge in [0.1, 0.15) is 0 Å². The number of hydrogen-bond donors (Lipinski definition) is 0. The van der Waals surface area contributed by atoms with Crippen molar-refractivity contribution in [3.05, 3.63) is 95.0 Å². The first-order chi connectivity index (χ1) is 13.7. The standard InChI is InChI=1S/C22H20N4OS/c1-2-10-25(16-20-9-6-11-28-20)22(27)19-12-18-14-24-26(21(18)23-13-19)15-17-7-4-3-5-8-17/h2-9,11-14H,1,10,15-16H2. The quantitative estimate of drug-likeness (QED) is 0.442. The number of carbonyl (C=O) groups excluding carboxylic acids is 1. The third kappa shape index (κ3) is 3.87. The van der Waals surface area contributed by atoms with E-state index in [0.717, 1.165) is 21.5 Å². The van der Waals surface area contributed by atoms with Gasteiger partial charge >= 0.3 is 0 Å². The molecule has 4 rings (SSSR count). The van der Waals surface area contributed by atoms with Crippen LogP contribution in [0.4, 0.5) is 0 Å². The monoisotopic (exact) mass is 388 g/mol. The van der Waals surface area contributed by atoms with E-state index in [1.165, 1.54) is 0 Å². The lowest BCUT2D eigenvalue weighted by Gasteiger charge is -2.20. The van der Waals surface area contributed by atoms with Crippen molar-refractivity contribution >= 4 is 28.3 Å². The lowest BCUT2D eigenvalue weighted by Crippen LogP contribution is -2.30. The molecule has 0 aliphatic carbocycles. The molecule has 3 heterocycles. The summed E-state index contributed by atoms with van der Waals surface area (Å²) >= 11 is 1.64. The number of amides is 1. The minimum absolute atomic E-state index is 0.0569. The van der Waals surface area contributed by atoms with E-state index in [9.17, 15) is 4.79 Å². The highest BCUT2D eigenvalue weighted by Gasteiger charge is 2.17. The molecule has 0 unspecified atom stereocenters. The summed E-state index contributed by atoms with van der Waals surface area (Å²) in [4.78, 5) is 20.5. The van der Waals surface area contributed by atoms with Gasteiger partial charge < -0.3 is 4.90 Å². The number of thiophene rings is 1. The molecule has 1 aromatic carbocycles. The predicted molar refractivity (Wildman–Crippen MR) is 112 cm³/mol. The Balaban J connectivity index is 1.58. The molecular weight excluding hydrogens is 368 g/mol. The van der Waals surface area contributed by atoms with Crippen LogP contribution in [0.5, 0.6) is 0 Å². The van der Waals surface area contributed by atoms with Gasteiger partial charge in [-0.25, -0.2) is 9.67 Å². The maximum Gasteiger partial charge on any atom is 0.256 e. The Hall–Kier alpha value is -3.25. The molecule has 5 nitrogen and oxygen atoms in total. The molecule has 0 radical (unpaired) electrons. The Morgan fingerprint density at radius 3 is 2.79 bits per heavy atom. The number of benzene rings is 1. The zero-order valence-corrected chi connectivity index (χ0v) is 16.2. The first kappa shape index (κ1) is 18.1. The molecule has 0 fully saturated rings. The Labute approximate surface area is 167 Å². The van der Waals surface area contributed by atoms with Crippen LogP contribution < -0.4 is 0 Å². The van der Waals surface area contributed by atoms with E-state index in [2.05, 4.69) is 28.8 Å². The van der Waals surface area contributed by atoms with Crippen LogP contribution >= 0.6 is 11.3 Å². The fourth-order valence-electron chi connectivity index (χ4n) is 3.11. The van der Waals surface area contributed by atoms with Crippen LogP contribution in [-0.2, 0) is 13.1 Å². The molecule has 0 saturated heterocycles. The average Bonchev–Trinajstić information content (AvgIpc) is 3.38. The Morgan fingerprint density at radius 1 is 1.18 bits per heavy atom.